The molecule has 5 nitrogen and oxygen atoms in total. The van der Waals surface area contributed by atoms with Gasteiger partial charge in [-0.2, -0.15) is 0 Å². The first-order valence-corrected chi connectivity index (χ1v) is 8.77. The fraction of sp³-hybridized carbons (Fsp3) is 0.182. The van der Waals surface area contributed by atoms with E-state index in [1.165, 1.54) is 30.9 Å². The highest BCUT2D eigenvalue weighted by atomic mass is 19.1. The molecule has 0 fully saturated rings. The molecule has 0 saturated carbocycles. The van der Waals surface area contributed by atoms with Gasteiger partial charge in [-0.15, -0.1) is 0 Å². The van der Waals surface area contributed by atoms with Crippen LogP contribution in [0.2, 0.25) is 0 Å². The third kappa shape index (κ3) is 3.53. The number of aromatic amines is 1. The normalized spacial score (nSPS) is 12.8. The van der Waals surface area contributed by atoms with Gasteiger partial charge < -0.3 is 4.74 Å². The van der Waals surface area contributed by atoms with Crippen LogP contribution in [0.3, 0.4) is 0 Å². The molecule has 2 aromatic carbocycles. The van der Waals surface area contributed by atoms with Crippen molar-refractivity contribution in [1.82, 2.24) is 9.78 Å². The summed E-state index contributed by atoms with van der Waals surface area (Å²) in [5.41, 5.74) is 1.74. The Labute approximate surface area is 161 Å². The summed E-state index contributed by atoms with van der Waals surface area (Å²) in [4.78, 5) is 25.0. The molecular weight excluding hydrogens is 359 g/mol. The van der Waals surface area contributed by atoms with Gasteiger partial charge in [0.25, 0.3) is 5.56 Å². The van der Waals surface area contributed by atoms with Crippen LogP contribution in [0.5, 0.6) is 5.75 Å². The van der Waals surface area contributed by atoms with E-state index in [0.717, 1.165) is 5.56 Å². The number of methoxy groups -OCH3 is 1. The van der Waals surface area contributed by atoms with Crippen molar-refractivity contribution in [2.24, 2.45) is 0 Å². The molecule has 28 heavy (non-hydrogen) atoms. The summed E-state index contributed by atoms with van der Waals surface area (Å²) in [7, 11) is 1.51. The van der Waals surface area contributed by atoms with Crippen LogP contribution in [-0.4, -0.2) is 22.7 Å². The third-order valence-corrected chi connectivity index (χ3v) is 4.49. The summed E-state index contributed by atoms with van der Waals surface area (Å²) in [5, 5.41) is 3.52. The minimum absolute atomic E-state index is 0.229. The van der Waals surface area contributed by atoms with Crippen molar-refractivity contribution < 1.29 is 13.9 Å². The number of para-hydroxylation sites is 2. The Morgan fingerprint density at radius 3 is 2.57 bits per heavy atom. The summed E-state index contributed by atoms with van der Waals surface area (Å²) in [5.74, 6) is -0.167. The van der Waals surface area contributed by atoms with Crippen molar-refractivity contribution in [1.29, 1.82) is 0 Å². The number of H-pyrrole nitrogens is 1. The fourth-order valence-electron chi connectivity index (χ4n) is 3.17. The Bertz CT molecular complexity index is 1240. The van der Waals surface area contributed by atoms with E-state index in [0.29, 0.717) is 27.9 Å². The number of carbonyl (C=O) groups is 1. The number of ketones is 1. The highest BCUT2D eigenvalue weighted by molar-refractivity contribution is 6.03. The van der Waals surface area contributed by atoms with Gasteiger partial charge in [-0.1, -0.05) is 23.8 Å². The zero-order chi connectivity index (χ0) is 20.4. The highest BCUT2D eigenvalue weighted by Crippen LogP contribution is 2.19. The van der Waals surface area contributed by atoms with Crippen LogP contribution >= 0.6 is 0 Å². The second-order valence-corrected chi connectivity index (χ2v) is 6.58. The average Bonchev–Trinajstić information content (AvgIpc) is 2.98. The summed E-state index contributed by atoms with van der Waals surface area (Å²) in [6.45, 7) is 4.92. The van der Waals surface area contributed by atoms with E-state index in [1.807, 2.05) is 6.92 Å². The molecule has 1 aromatic heterocycles. The topological polar surface area (TPSA) is 64.1 Å². The van der Waals surface area contributed by atoms with Gasteiger partial charge in [0.05, 0.1) is 17.7 Å². The van der Waals surface area contributed by atoms with Crippen molar-refractivity contribution in [3.8, 4) is 11.4 Å². The first-order chi connectivity index (χ1) is 13.3. The van der Waals surface area contributed by atoms with Crippen LogP contribution in [0, 0.1) is 12.7 Å². The van der Waals surface area contributed by atoms with E-state index in [1.54, 1.807) is 43.3 Å². The van der Waals surface area contributed by atoms with E-state index >= 15 is 0 Å². The number of Topliss-reactive ketones (excluding diaryl/α,β-unsaturated/α-hetero) is 1. The molecule has 0 aliphatic heterocycles. The number of hydrogen-bond acceptors (Lipinski definition) is 3. The summed E-state index contributed by atoms with van der Waals surface area (Å²) in [6.07, 6.45) is 1.33. The minimum Gasteiger partial charge on any atom is -0.494 e. The predicted molar refractivity (Wildman–Crippen MR) is 107 cm³/mol. The zero-order valence-electron chi connectivity index (χ0n) is 16.2. The number of rotatable bonds is 4. The maximum Gasteiger partial charge on any atom is 0.279 e. The number of hydrogen-bond donors (Lipinski definition) is 1. The Kier molecular flexibility index (Phi) is 5.31. The standard InChI is InChI=1S/C22H21FN2O3/c1-13-9-10-17(23)16(11-13)15(3)21-18(12-14(2)26)24-25(22(21)27)19-7-5-6-8-20(19)28-4/h5-12,24H,1-4H3/b18-12+,21-15-. The van der Waals surface area contributed by atoms with Gasteiger partial charge in [0.2, 0.25) is 0 Å². The number of nitrogens with zero attached hydrogens (tertiary/aromatic N) is 1. The molecule has 0 atom stereocenters. The van der Waals surface area contributed by atoms with E-state index < -0.39 is 11.4 Å². The van der Waals surface area contributed by atoms with Crippen LogP contribution in [0.15, 0.2) is 47.3 Å². The quantitative estimate of drug-likeness (QED) is 0.755. The number of nitrogens with one attached hydrogen (secondary N) is 1. The molecular formula is C22H21FN2O3. The number of ether oxygens (including phenoxy) is 1. The minimum atomic E-state index is -0.429. The number of benzene rings is 2. The lowest BCUT2D eigenvalue weighted by Gasteiger charge is -2.07. The maximum atomic E-state index is 14.4. The first kappa shape index (κ1) is 19.4. The number of aromatic nitrogens is 2. The van der Waals surface area contributed by atoms with E-state index in [4.69, 9.17) is 4.74 Å². The molecule has 0 radical (unpaired) electrons. The smallest absolute Gasteiger partial charge is 0.279 e. The van der Waals surface area contributed by atoms with Crippen LogP contribution in [0.25, 0.3) is 17.3 Å². The first-order valence-electron chi connectivity index (χ1n) is 8.77. The number of aryl methyl sites for hydroxylation is 1. The molecule has 0 bridgehead atoms. The largest absolute Gasteiger partial charge is 0.494 e. The Morgan fingerprint density at radius 2 is 1.89 bits per heavy atom. The maximum absolute atomic E-state index is 14.4. The molecule has 0 amide bonds. The third-order valence-electron chi connectivity index (χ3n) is 4.49. The Balaban J connectivity index is 2.45. The van der Waals surface area contributed by atoms with Gasteiger partial charge in [-0.05, 0) is 50.6 Å². The molecule has 3 rings (SSSR count). The average molecular weight is 380 g/mol. The number of carbonyl (C=O) groups excluding carboxylic acids is 1. The second kappa shape index (κ2) is 7.68. The molecule has 0 aliphatic carbocycles. The Morgan fingerprint density at radius 1 is 1.18 bits per heavy atom. The van der Waals surface area contributed by atoms with Gasteiger partial charge in [0.1, 0.15) is 17.3 Å². The lowest BCUT2D eigenvalue weighted by molar-refractivity contribution is -0.111. The van der Waals surface area contributed by atoms with Gasteiger partial charge >= 0.3 is 0 Å². The fourth-order valence-corrected chi connectivity index (χ4v) is 3.17. The lowest BCUT2D eigenvalue weighted by Crippen LogP contribution is -2.37. The van der Waals surface area contributed by atoms with Crippen molar-refractivity contribution in [3.05, 3.63) is 80.3 Å². The molecule has 6 heteroatoms. The van der Waals surface area contributed by atoms with Gasteiger partial charge in [-0.3, -0.25) is 14.7 Å². The molecule has 0 saturated heterocycles. The van der Waals surface area contributed by atoms with Crippen LogP contribution in [0.4, 0.5) is 4.39 Å². The van der Waals surface area contributed by atoms with Gasteiger partial charge in [-0.25, -0.2) is 9.07 Å². The van der Waals surface area contributed by atoms with E-state index in [9.17, 15) is 14.0 Å². The molecule has 144 valence electrons. The number of halogens is 1. The molecule has 1 heterocycles. The van der Waals surface area contributed by atoms with Crippen molar-refractivity contribution in [2.75, 3.05) is 7.11 Å². The monoisotopic (exact) mass is 380 g/mol. The van der Waals surface area contributed by atoms with E-state index in [2.05, 4.69) is 5.10 Å². The summed E-state index contributed by atoms with van der Waals surface area (Å²) >= 11 is 0. The van der Waals surface area contributed by atoms with E-state index in [-0.39, 0.29) is 11.0 Å². The molecule has 0 spiro atoms. The van der Waals surface area contributed by atoms with Crippen LogP contribution in [-0.2, 0) is 4.79 Å². The van der Waals surface area contributed by atoms with Crippen molar-refractivity contribution >= 4 is 17.4 Å². The lowest BCUT2D eigenvalue weighted by atomic mass is 10.0. The van der Waals surface area contributed by atoms with Gasteiger partial charge in [0.15, 0.2) is 5.78 Å². The molecule has 0 unspecified atom stereocenters. The SMILES string of the molecule is COc1ccccc1-n1[nH]c(=C/C(C)=O)/c(=C(\C)c2cc(C)ccc2F)c1=O. The van der Waals surface area contributed by atoms with Crippen LogP contribution < -0.4 is 20.9 Å². The molecule has 3 aromatic rings. The Hall–Kier alpha value is -3.41. The second-order valence-electron chi connectivity index (χ2n) is 6.58. The summed E-state index contributed by atoms with van der Waals surface area (Å²) < 4.78 is 21.1. The molecule has 0 aliphatic rings. The van der Waals surface area contributed by atoms with Crippen molar-refractivity contribution in [3.63, 3.8) is 0 Å². The zero-order valence-corrected chi connectivity index (χ0v) is 16.2. The van der Waals surface area contributed by atoms with Gasteiger partial charge in [0, 0.05) is 11.6 Å². The highest BCUT2D eigenvalue weighted by Gasteiger charge is 2.14. The van der Waals surface area contributed by atoms with Crippen LogP contribution in [0.1, 0.15) is 25.0 Å². The predicted octanol–water partition coefficient (Wildman–Crippen LogP) is 2.21. The molecule has 1 N–H and O–H groups in total. The summed E-state index contributed by atoms with van der Waals surface area (Å²) in [6, 6.07) is 11.7. The van der Waals surface area contributed by atoms with Crippen molar-refractivity contribution in [2.45, 2.75) is 20.8 Å².